The molecule has 4 aromatic rings. The van der Waals surface area contributed by atoms with Crippen LogP contribution in [0.3, 0.4) is 0 Å². The highest BCUT2D eigenvalue weighted by molar-refractivity contribution is 5.97. The van der Waals surface area contributed by atoms with Gasteiger partial charge in [-0.2, -0.15) is 5.10 Å². The van der Waals surface area contributed by atoms with Crippen LogP contribution in [-0.2, 0) is 11.2 Å². The summed E-state index contributed by atoms with van der Waals surface area (Å²) in [7, 11) is 0. The molecule has 3 heterocycles. The largest absolute Gasteiger partial charge is 0.480 e. The monoisotopic (exact) mass is 364 g/mol. The number of aromatic nitrogens is 3. The maximum Gasteiger partial charge on any atom is 0.326 e. The normalized spacial score (nSPS) is 12.3. The molecule has 1 aromatic carbocycles. The predicted octanol–water partition coefficient (Wildman–Crippen LogP) is 2.44. The van der Waals surface area contributed by atoms with E-state index in [0.29, 0.717) is 16.9 Å². The third-order valence-electron chi connectivity index (χ3n) is 4.35. The average molecular weight is 364 g/mol. The van der Waals surface area contributed by atoms with Gasteiger partial charge in [0, 0.05) is 29.1 Å². The number of rotatable bonds is 5. The van der Waals surface area contributed by atoms with Crippen LogP contribution >= 0.6 is 0 Å². The number of aliphatic carboxylic acids is 1. The second-order valence-corrected chi connectivity index (χ2v) is 6.25. The molecular formula is C19H16N4O4. The molecule has 0 aliphatic rings. The minimum atomic E-state index is -1.15. The number of carboxylic acid groups (broad SMARTS) is 1. The van der Waals surface area contributed by atoms with E-state index in [1.165, 1.54) is 12.3 Å². The first-order valence-electron chi connectivity index (χ1n) is 8.33. The summed E-state index contributed by atoms with van der Waals surface area (Å²) in [6.07, 6.45) is 1.57. The van der Waals surface area contributed by atoms with Crippen molar-refractivity contribution in [1.82, 2.24) is 20.5 Å². The Morgan fingerprint density at radius 1 is 1.30 bits per heavy atom. The molecule has 0 fully saturated rings. The highest BCUT2D eigenvalue weighted by Crippen LogP contribution is 2.20. The van der Waals surface area contributed by atoms with Gasteiger partial charge in [0.25, 0.3) is 5.91 Å². The van der Waals surface area contributed by atoms with Gasteiger partial charge in [-0.3, -0.25) is 14.9 Å². The van der Waals surface area contributed by atoms with Gasteiger partial charge in [-0.05, 0) is 25.1 Å². The molecule has 0 bridgehead atoms. The Hall–Kier alpha value is -3.68. The number of H-pyrrole nitrogens is 1. The zero-order chi connectivity index (χ0) is 19.0. The molecule has 0 radical (unpaired) electrons. The summed E-state index contributed by atoms with van der Waals surface area (Å²) in [4.78, 5) is 28.2. The van der Waals surface area contributed by atoms with Crippen molar-refractivity contribution in [3.63, 3.8) is 0 Å². The Balaban J connectivity index is 1.54. The van der Waals surface area contributed by atoms with Gasteiger partial charge in [-0.15, -0.1) is 0 Å². The number of carbonyl (C=O) groups excluding carboxylic acids is 1. The number of nitrogens with zero attached hydrogens (tertiary/aromatic N) is 2. The summed E-state index contributed by atoms with van der Waals surface area (Å²) in [6, 6.07) is 9.54. The van der Waals surface area contributed by atoms with E-state index in [0.717, 1.165) is 16.5 Å². The van der Waals surface area contributed by atoms with E-state index in [1.54, 1.807) is 12.1 Å². The van der Waals surface area contributed by atoms with E-state index in [9.17, 15) is 14.7 Å². The molecule has 0 saturated carbocycles. The molecule has 8 heteroatoms. The van der Waals surface area contributed by atoms with Gasteiger partial charge >= 0.3 is 5.97 Å². The smallest absolute Gasteiger partial charge is 0.326 e. The zero-order valence-corrected chi connectivity index (χ0v) is 14.4. The number of hydrogen-bond acceptors (Lipinski definition) is 5. The van der Waals surface area contributed by atoms with Gasteiger partial charge in [0.05, 0.1) is 5.52 Å². The fraction of sp³-hybridized carbons (Fsp3) is 0.158. The lowest BCUT2D eigenvalue weighted by atomic mass is 10.1. The maximum atomic E-state index is 12.5. The van der Waals surface area contributed by atoms with E-state index in [-0.39, 0.29) is 12.1 Å². The Kier molecular flexibility index (Phi) is 4.08. The number of fused-ring (bicyclic) bond motifs is 2. The van der Waals surface area contributed by atoms with E-state index in [2.05, 4.69) is 20.5 Å². The molecule has 0 saturated heterocycles. The van der Waals surface area contributed by atoms with Crippen molar-refractivity contribution in [1.29, 1.82) is 0 Å². The molecule has 3 aromatic heterocycles. The molecule has 0 aliphatic heterocycles. The van der Waals surface area contributed by atoms with Crippen LogP contribution < -0.4 is 5.32 Å². The van der Waals surface area contributed by atoms with Gasteiger partial charge in [0.2, 0.25) is 0 Å². The lowest BCUT2D eigenvalue weighted by Crippen LogP contribution is -2.42. The number of aryl methyl sites for hydroxylation is 1. The number of nitrogens with one attached hydrogen (secondary N) is 2. The number of aromatic amines is 1. The van der Waals surface area contributed by atoms with Crippen molar-refractivity contribution in [2.24, 2.45) is 0 Å². The first-order valence-corrected chi connectivity index (χ1v) is 8.33. The van der Waals surface area contributed by atoms with E-state index < -0.39 is 17.9 Å². The topological polar surface area (TPSA) is 121 Å². The fourth-order valence-electron chi connectivity index (χ4n) is 2.93. The maximum absolute atomic E-state index is 12.5. The number of amides is 1. The van der Waals surface area contributed by atoms with Gasteiger partial charge in [0.15, 0.2) is 0 Å². The first kappa shape index (κ1) is 16.8. The number of hydrogen-bond donors (Lipinski definition) is 3. The van der Waals surface area contributed by atoms with Gasteiger partial charge in [-0.1, -0.05) is 18.2 Å². The molecule has 1 amide bonds. The number of pyridine rings is 1. The summed E-state index contributed by atoms with van der Waals surface area (Å²) in [6.45, 7) is 1.85. The van der Waals surface area contributed by atoms with Crippen LogP contribution in [0.4, 0.5) is 0 Å². The fourth-order valence-corrected chi connectivity index (χ4v) is 2.93. The molecule has 136 valence electrons. The molecule has 0 spiro atoms. The zero-order valence-electron chi connectivity index (χ0n) is 14.4. The predicted molar refractivity (Wildman–Crippen MR) is 97.4 cm³/mol. The van der Waals surface area contributed by atoms with Crippen LogP contribution in [-0.4, -0.2) is 38.2 Å². The highest BCUT2D eigenvalue weighted by atomic mass is 16.4. The standard InChI is InChI=1S/C19H16N4O4/c1-10-13-9-20-15(8-14(13)23-22-10)18(24)21-16(19(25)26)7-12-6-11-4-2-3-5-17(11)27-12/h2-6,8-9,16H,7H2,1H3,(H,21,24)(H,22,23)(H,25,26). The van der Waals surface area contributed by atoms with Crippen LogP contribution in [0, 0.1) is 6.92 Å². The number of carbonyl (C=O) groups is 2. The van der Waals surface area contributed by atoms with Gasteiger partial charge in [-0.25, -0.2) is 4.79 Å². The SMILES string of the molecule is Cc1[nH]nc2cc(C(=O)NC(Cc3cc4ccccc4o3)C(=O)O)ncc12. The van der Waals surface area contributed by atoms with Crippen LogP contribution in [0.15, 0.2) is 47.0 Å². The molecule has 1 unspecified atom stereocenters. The minimum absolute atomic E-state index is 0.0273. The van der Waals surface area contributed by atoms with Gasteiger partial charge < -0.3 is 14.8 Å². The Morgan fingerprint density at radius 3 is 2.89 bits per heavy atom. The van der Waals surface area contributed by atoms with Crippen LogP contribution in [0.5, 0.6) is 0 Å². The average Bonchev–Trinajstić information content (AvgIpc) is 3.23. The molecular weight excluding hydrogens is 348 g/mol. The van der Waals surface area contributed by atoms with Crippen molar-refractivity contribution in [2.45, 2.75) is 19.4 Å². The molecule has 3 N–H and O–H groups in total. The van der Waals surface area contributed by atoms with Crippen LogP contribution in [0.25, 0.3) is 21.9 Å². The molecule has 0 aliphatic carbocycles. The lowest BCUT2D eigenvalue weighted by molar-refractivity contribution is -0.139. The van der Waals surface area contributed by atoms with Crippen molar-refractivity contribution < 1.29 is 19.1 Å². The molecule has 4 rings (SSSR count). The van der Waals surface area contributed by atoms with Gasteiger partial charge in [0.1, 0.15) is 23.1 Å². The first-order chi connectivity index (χ1) is 13.0. The van der Waals surface area contributed by atoms with Crippen molar-refractivity contribution >= 4 is 33.7 Å². The van der Waals surface area contributed by atoms with Crippen molar-refractivity contribution in [3.05, 3.63) is 59.7 Å². The summed E-state index contributed by atoms with van der Waals surface area (Å²) in [5.41, 5.74) is 2.21. The minimum Gasteiger partial charge on any atom is -0.480 e. The second kappa shape index (κ2) is 6.56. The molecule has 8 nitrogen and oxygen atoms in total. The highest BCUT2D eigenvalue weighted by Gasteiger charge is 2.24. The van der Waals surface area contributed by atoms with Crippen molar-refractivity contribution in [3.8, 4) is 0 Å². The molecule has 1 atom stereocenters. The quantitative estimate of drug-likeness (QED) is 0.500. The van der Waals surface area contributed by atoms with Crippen molar-refractivity contribution in [2.75, 3.05) is 0 Å². The Bertz CT molecular complexity index is 1130. The van der Waals surface area contributed by atoms with Crippen LogP contribution in [0.2, 0.25) is 0 Å². The summed E-state index contributed by atoms with van der Waals surface area (Å²) in [5, 5.41) is 20.6. The third kappa shape index (κ3) is 3.24. The Labute approximate surface area is 153 Å². The molecule has 27 heavy (non-hydrogen) atoms. The number of para-hydroxylation sites is 1. The Morgan fingerprint density at radius 2 is 2.11 bits per heavy atom. The number of benzene rings is 1. The third-order valence-corrected chi connectivity index (χ3v) is 4.35. The second-order valence-electron chi connectivity index (χ2n) is 6.25. The van der Waals surface area contributed by atoms with E-state index in [1.807, 2.05) is 25.1 Å². The summed E-state index contributed by atoms with van der Waals surface area (Å²) < 4.78 is 5.65. The van der Waals surface area contributed by atoms with E-state index in [4.69, 9.17) is 4.42 Å². The summed E-state index contributed by atoms with van der Waals surface area (Å²) in [5.74, 6) is -1.25. The lowest BCUT2D eigenvalue weighted by Gasteiger charge is -2.13. The number of furan rings is 1. The number of carboxylic acids is 1. The van der Waals surface area contributed by atoms with E-state index >= 15 is 0 Å². The summed E-state index contributed by atoms with van der Waals surface area (Å²) >= 11 is 0. The van der Waals surface area contributed by atoms with Crippen LogP contribution in [0.1, 0.15) is 21.9 Å².